The highest BCUT2D eigenvalue weighted by atomic mass is 35.5. The smallest absolute Gasteiger partial charge is 0.265 e. The quantitative estimate of drug-likeness (QED) is 0.762. The molecule has 0 bridgehead atoms. The number of nitrogens with one attached hydrogen (secondary N) is 2. The van der Waals surface area contributed by atoms with Gasteiger partial charge in [0.05, 0.1) is 11.7 Å². The van der Waals surface area contributed by atoms with Crippen LogP contribution in [-0.2, 0) is 9.59 Å². The minimum absolute atomic E-state index is 0. The molecular weight excluding hydrogens is 342 g/mol. The van der Waals surface area contributed by atoms with Gasteiger partial charge < -0.3 is 21.1 Å². The van der Waals surface area contributed by atoms with Crippen LogP contribution in [0.2, 0.25) is 0 Å². The van der Waals surface area contributed by atoms with Crippen LogP contribution in [0.5, 0.6) is 5.75 Å². The van der Waals surface area contributed by atoms with Gasteiger partial charge >= 0.3 is 0 Å². The number of rotatable bonds is 4. The lowest BCUT2D eigenvalue weighted by molar-refractivity contribution is -0.125. The largest absolute Gasteiger partial charge is 0.478 e. The minimum Gasteiger partial charge on any atom is -0.478 e. The standard InChI is InChI=1S/C18H25N3O3.ClH/c1-3-15-18(23)21-14-7-5-11(9-16(14)24-15)10(2)20-17(22)12-4-6-13(19)8-12;/h5,7,9-10,12-13,15H,3-4,6,8,19H2,1-2H3,(H,20,22)(H,21,23);1H. The molecule has 3 rings (SSSR count). The number of ether oxygens (including phenoxy) is 1. The highest BCUT2D eigenvalue weighted by molar-refractivity contribution is 5.97. The van der Waals surface area contributed by atoms with Gasteiger partial charge in [0.15, 0.2) is 6.10 Å². The molecule has 1 aromatic carbocycles. The summed E-state index contributed by atoms with van der Waals surface area (Å²) in [6.45, 7) is 3.86. The maximum absolute atomic E-state index is 12.3. The van der Waals surface area contributed by atoms with Crippen molar-refractivity contribution in [3.05, 3.63) is 23.8 Å². The number of anilines is 1. The molecular formula is C18H26ClN3O3. The van der Waals surface area contributed by atoms with Crippen LogP contribution in [0.3, 0.4) is 0 Å². The number of hydrogen-bond acceptors (Lipinski definition) is 4. The van der Waals surface area contributed by atoms with Gasteiger partial charge in [0.2, 0.25) is 5.91 Å². The summed E-state index contributed by atoms with van der Waals surface area (Å²) in [6, 6.07) is 5.63. The van der Waals surface area contributed by atoms with Gasteiger partial charge in [-0.15, -0.1) is 12.4 Å². The lowest BCUT2D eigenvalue weighted by atomic mass is 10.0. The van der Waals surface area contributed by atoms with Gasteiger partial charge in [0, 0.05) is 12.0 Å². The third-order valence-corrected chi connectivity index (χ3v) is 4.90. The molecule has 4 unspecified atom stereocenters. The maximum Gasteiger partial charge on any atom is 0.265 e. The second-order valence-electron chi connectivity index (χ2n) is 6.76. The van der Waals surface area contributed by atoms with Gasteiger partial charge in [-0.2, -0.15) is 0 Å². The number of hydrogen-bond donors (Lipinski definition) is 3. The van der Waals surface area contributed by atoms with Crippen molar-refractivity contribution in [2.45, 2.75) is 57.7 Å². The molecule has 1 heterocycles. The van der Waals surface area contributed by atoms with Gasteiger partial charge in [-0.1, -0.05) is 13.0 Å². The van der Waals surface area contributed by atoms with Gasteiger partial charge in [-0.3, -0.25) is 9.59 Å². The van der Waals surface area contributed by atoms with Crippen LogP contribution >= 0.6 is 12.4 Å². The monoisotopic (exact) mass is 367 g/mol. The molecule has 25 heavy (non-hydrogen) atoms. The number of benzene rings is 1. The van der Waals surface area contributed by atoms with E-state index in [0.29, 0.717) is 17.9 Å². The average Bonchev–Trinajstić information content (AvgIpc) is 3.00. The molecule has 0 saturated heterocycles. The Labute approximate surface area is 154 Å². The number of fused-ring (bicyclic) bond motifs is 1. The zero-order valence-electron chi connectivity index (χ0n) is 14.6. The SMILES string of the molecule is CCC1Oc2cc(C(C)NC(=O)C3CCC(N)C3)ccc2NC1=O.Cl. The second-order valence-corrected chi connectivity index (χ2v) is 6.76. The number of carbonyl (C=O) groups is 2. The summed E-state index contributed by atoms with van der Waals surface area (Å²) in [5.41, 5.74) is 7.52. The number of halogens is 1. The van der Waals surface area contributed by atoms with Crippen molar-refractivity contribution in [3.8, 4) is 5.75 Å². The van der Waals surface area contributed by atoms with Crippen molar-refractivity contribution in [1.29, 1.82) is 0 Å². The summed E-state index contributed by atoms with van der Waals surface area (Å²) >= 11 is 0. The fourth-order valence-electron chi connectivity index (χ4n) is 3.37. The van der Waals surface area contributed by atoms with Gasteiger partial charge in [0.1, 0.15) is 5.75 Å². The first-order valence-electron chi connectivity index (χ1n) is 8.65. The highest BCUT2D eigenvalue weighted by Crippen LogP contribution is 2.33. The van der Waals surface area contributed by atoms with E-state index in [-0.39, 0.29) is 42.2 Å². The van der Waals surface area contributed by atoms with E-state index in [0.717, 1.165) is 24.8 Å². The van der Waals surface area contributed by atoms with E-state index in [1.54, 1.807) is 0 Å². The molecule has 0 radical (unpaired) electrons. The minimum atomic E-state index is -0.461. The van der Waals surface area contributed by atoms with Gasteiger partial charge in [0.25, 0.3) is 5.91 Å². The molecule has 1 fully saturated rings. The Hall–Kier alpha value is -1.79. The maximum atomic E-state index is 12.3. The highest BCUT2D eigenvalue weighted by Gasteiger charge is 2.29. The first kappa shape index (κ1) is 19.5. The molecule has 1 aliphatic carbocycles. The van der Waals surface area contributed by atoms with Crippen LogP contribution in [0.25, 0.3) is 0 Å². The first-order chi connectivity index (χ1) is 11.5. The molecule has 4 atom stereocenters. The Morgan fingerprint density at radius 1 is 1.44 bits per heavy atom. The molecule has 1 saturated carbocycles. The zero-order valence-corrected chi connectivity index (χ0v) is 15.4. The van der Waals surface area contributed by atoms with E-state index in [9.17, 15) is 9.59 Å². The van der Waals surface area contributed by atoms with Crippen molar-refractivity contribution in [1.82, 2.24) is 5.32 Å². The first-order valence-corrected chi connectivity index (χ1v) is 8.65. The fourth-order valence-corrected chi connectivity index (χ4v) is 3.37. The molecule has 6 nitrogen and oxygen atoms in total. The molecule has 4 N–H and O–H groups in total. The lowest BCUT2D eigenvalue weighted by Crippen LogP contribution is -2.36. The van der Waals surface area contributed by atoms with Crippen molar-refractivity contribution in [2.24, 2.45) is 11.7 Å². The molecule has 2 amide bonds. The van der Waals surface area contributed by atoms with Crippen LogP contribution in [0.4, 0.5) is 5.69 Å². The topological polar surface area (TPSA) is 93.4 Å². The fraction of sp³-hybridized carbons (Fsp3) is 0.556. The summed E-state index contributed by atoms with van der Waals surface area (Å²) in [5, 5.41) is 5.91. The summed E-state index contributed by atoms with van der Waals surface area (Å²) in [4.78, 5) is 24.2. The summed E-state index contributed by atoms with van der Waals surface area (Å²) in [6.07, 6.45) is 2.69. The Balaban J connectivity index is 0.00000225. The van der Waals surface area contributed by atoms with E-state index < -0.39 is 6.10 Å². The third-order valence-electron chi connectivity index (χ3n) is 4.90. The molecule has 0 aromatic heterocycles. The Morgan fingerprint density at radius 3 is 2.84 bits per heavy atom. The van der Waals surface area contributed by atoms with Gasteiger partial charge in [-0.25, -0.2) is 0 Å². The molecule has 0 spiro atoms. The predicted molar refractivity (Wildman–Crippen MR) is 98.9 cm³/mol. The average molecular weight is 368 g/mol. The molecule has 2 aliphatic rings. The molecule has 1 aliphatic heterocycles. The predicted octanol–water partition coefficient (Wildman–Crippen LogP) is 2.52. The van der Waals surface area contributed by atoms with Crippen molar-refractivity contribution >= 4 is 29.9 Å². The zero-order chi connectivity index (χ0) is 17.3. The van der Waals surface area contributed by atoms with E-state index in [2.05, 4.69) is 10.6 Å². The van der Waals surface area contributed by atoms with E-state index in [1.807, 2.05) is 32.0 Å². The van der Waals surface area contributed by atoms with E-state index in [4.69, 9.17) is 10.5 Å². The normalized spacial score (nSPS) is 25.9. The number of carbonyl (C=O) groups excluding carboxylic acids is 2. The molecule has 138 valence electrons. The Morgan fingerprint density at radius 2 is 2.20 bits per heavy atom. The number of nitrogens with two attached hydrogens (primary N) is 1. The molecule has 1 aromatic rings. The second kappa shape index (κ2) is 8.06. The Bertz CT molecular complexity index is 652. The van der Waals surface area contributed by atoms with E-state index in [1.165, 1.54) is 0 Å². The summed E-state index contributed by atoms with van der Waals surface area (Å²) < 4.78 is 5.76. The van der Waals surface area contributed by atoms with Crippen LogP contribution in [0.1, 0.15) is 51.1 Å². The Kier molecular flexibility index (Phi) is 6.30. The van der Waals surface area contributed by atoms with Crippen molar-refractivity contribution in [3.63, 3.8) is 0 Å². The van der Waals surface area contributed by atoms with Crippen molar-refractivity contribution in [2.75, 3.05) is 5.32 Å². The van der Waals surface area contributed by atoms with Crippen LogP contribution in [0.15, 0.2) is 18.2 Å². The lowest BCUT2D eigenvalue weighted by Gasteiger charge is -2.26. The summed E-state index contributed by atoms with van der Waals surface area (Å²) in [7, 11) is 0. The number of amides is 2. The van der Waals surface area contributed by atoms with Crippen LogP contribution in [0, 0.1) is 5.92 Å². The van der Waals surface area contributed by atoms with Gasteiger partial charge in [-0.05, 0) is 50.3 Å². The van der Waals surface area contributed by atoms with Crippen LogP contribution in [-0.4, -0.2) is 24.0 Å². The van der Waals surface area contributed by atoms with Crippen LogP contribution < -0.4 is 21.1 Å². The summed E-state index contributed by atoms with van der Waals surface area (Å²) in [5.74, 6) is 0.619. The van der Waals surface area contributed by atoms with E-state index >= 15 is 0 Å². The molecule has 7 heteroatoms. The third kappa shape index (κ3) is 4.25. The van der Waals surface area contributed by atoms with Crippen molar-refractivity contribution < 1.29 is 14.3 Å².